The van der Waals surface area contributed by atoms with E-state index in [1.807, 2.05) is 0 Å². The van der Waals surface area contributed by atoms with E-state index < -0.39 is 17.5 Å². The second-order valence-electron chi connectivity index (χ2n) is 4.75. The highest BCUT2D eigenvalue weighted by Gasteiger charge is 2.30. The molecule has 4 N–H and O–H groups in total. The largest absolute Gasteiger partial charge is 0.395 e. The van der Waals surface area contributed by atoms with Crippen molar-refractivity contribution in [2.45, 2.75) is 18.8 Å². The number of nitrogens with zero attached hydrogens (tertiary/aromatic N) is 1. The Labute approximate surface area is 113 Å². The Morgan fingerprint density at radius 2 is 2.15 bits per heavy atom. The highest BCUT2D eigenvalue weighted by atomic mass is 19.1. The zero-order valence-corrected chi connectivity index (χ0v) is 10.4. The normalized spacial score (nSPS) is 14.3. The number of nitrogen functional groups attached to an aromatic ring is 1. The maximum absolute atomic E-state index is 13.5. The molecule has 1 aromatic heterocycles. The number of carbonyl (C=O) groups excluding carboxylic acids is 1. The predicted octanol–water partition coefficient (Wildman–Crippen LogP) is 2.40. The number of aromatic amines is 1. The summed E-state index contributed by atoms with van der Waals surface area (Å²) in [5.41, 5.74) is 6.79. The number of hydrogen-bond donors (Lipinski definition) is 3. The van der Waals surface area contributed by atoms with Crippen molar-refractivity contribution < 1.29 is 13.6 Å². The van der Waals surface area contributed by atoms with Gasteiger partial charge in [0.15, 0.2) is 5.69 Å². The monoisotopic (exact) mass is 278 g/mol. The Bertz CT molecular complexity index is 679. The Kier molecular flexibility index (Phi) is 2.89. The van der Waals surface area contributed by atoms with Crippen molar-refractivity contribution >= 4 is 17.3 Å². The van der Waals surface area contributed by atoms with Crippen LogP contribution in [0.25, 0.3) is 0 Å². The molecule has 3 rings (SSSR count). The maximum atomic E-state index is 13.5. The van der Waals surface area contributed by atoms with Crippen molar-refractivity contribution in [1.29, 1.82) is 0 Å². The molecule has 0 bridgehead atoms. The van der Waals surface area contributed by atoms with Crippen LogP contribution in [0, 0.1) is 11.6 Å². The van der Waals surface area contributed by atoms with Gasteiger partial charge in [0.05, 0.1) is 17.1 Å². The summed E-state index contributed by atoms with van der Waals surface area (Å²) in [7, 11) is 0. The quantitative estimate of drug-likeness (QED) is 0.806. The second kappa shape index (κ2) is 4.59. The number of nitrogens with one attached hydrogen (secondary N) is 2. The minimum Gasteiger partial charge on any atom is -0.395 e. The third kappa shape index (κ3) is 2.22. The lowest BCUT2D eigenvalue weighted by molar-refractivity contribution is 0.102. The summed E-state index contributed by atoms with van der Waals surface area (Å²) < 4.78 is 26.2. The summed E-state index contributed by atoms with van der Waals surface area (Å²) in [6.45, 7) is 0. The Morgan fingerprint density at radius 3 is 2.80 bits per heavy atom. The number of aromatic nitrogens is 2. The van der Waals surface area contributed by atoms with Gasteiger partial charge in [-0.05, 0) is 25.0 Å². The van der Waals surface area contributed by atoms with Crippen LogP contribution in [-0.2, 0) is 0 Å². The van der Waals surface area contributed by atoms with Gasteiger partial charge in [-0.2, -0.15) is 5.10 Å². The molecule has 1 aromatic carbocycles. The third-order valence-corrected chi connectivity index (χ3v) is 3.21. The second-order valence-corrected chi connectivity index (χ2v) is 4.75. The van der Waals surface area contributed by atoms with Crippen LogP contribution in [-0.4, -0.2) is 16.1 Å². The van der Waals surface area contributed by atoms with Gasteiger partial charge in [0, 0.05) is 12.0 Å². The Balaban J connectivity index is 1.82. The molecule has 5 nitrogen and oxygen atoms in total. The van der Waals surface area contributed by atoms with Gasteiger partial charge < -0.3 is 11.1 Å². The van der Waals surface area contributed by atoms with Crippen LogP contribution in [0.15, 0.2) is 18.2 Å². The van der Waals surface area contributed by atoms with Gasteiger partial charge in [0.25, 0.3) is 5.91 Å². The molecule has 1 heterocycles. The van der Waals surface area contributed by atoms with Gasteiger partial charge in [0.1, 0.15) is 11.6 Å². The van der Waals surface area contributed by atoms with E-state index in [0.717, 1.165) is 30.7 Å². The summed E-state index contributed by atoms with van der Waals surface area (Å²) in [5.74, 6) is -1.87. The summed E-state index contributed by atoms with van der Waals surface area (Å²) in [6.07, 6.45) is 2.03. The van der Waals surface area contributed by atoms with E-state index in [2.05, 4.69) is 15.5 Å². The summed E-state index contributed by atoms with van der Waals surface area (Å²) in [4.78, 5) is 12.0. The molecule has 1 aliphatic carbocycles. The number of rotatable bonds is 3. The average Bonchev–Trinajstić information content (AvgIpc) is 3.16. The third-order valence-electron chi connectivity index (χ3n) is 3.21. The lowest BCUT2D eigenvalue weighted by atomic mass is 10.2. The molecule has 104 valence electrons. The first-order valence-corrected chi connectivity index (χ1v) is 6.16. The molecule has 0 atom stereocenters. The van der Waals surface area contributed by atoms with Crippen LogP contribution < -0.4 is 11.1 Å². The molecule has 0 saturated heterocycles. The molecule has 20 heavy (non-hydrogen) atoms. The van der Waals surface area contributed by atoms with Crippen LogP contribution in [0.1, 0.15) is 34.9 Å². The number of benzene rings is 1. The molecule has 0 spiro atoms. The molecule has 1 saturated carbocycles. The smallest absolute Gasteiger partial charge is 0.278 e. The molecule has 0 radical (unpaired) electrons. The highest BCUT2D eigenvalue weighted by molar-refractivity contribution is 6.06. The predicted molar refractivity (Wildman–Crippen MR) is 69.3 cm³/mol. The molecule has 1 amide bonds. The minimum atomic E-state index is -0.852. The van der Waals surface area contributed by atoms with Gasteiger partial charge in [0.2, 0.25) is 0 Å². The van der Waals surface area contributed by atoms with Gasteiger partial charge in [-0.25, -0.2) is 8.78 Å². The van der Waals surface area contributed by atoms with E-state index in [1.165, 1.54) is 0 Å². The maximum Gasteiger partial charge on any atom is 0.278 e. The topological polar surface area (TPSA) is 83.8 Å². The molecular formula is C13H12F2N4O. The van der Waals surface area contributed by atoms with Gasteiger partial charge in [-0.3, -0.25) is 9.89 Å². The first-order chi connectivity index (χ1) is 9.56. The van der Waals surface area contributed by atoms with E-state index in [1.54, 1.807) is 0 Å². The molecule has 0 aliphatic heterocycles. The SMILES string of the molecule is Nc1c(C(=O)Nc2ccc(F)cc2F)n[nH]c1C1CC1. The molecule has 2 aromatic rings. The molecule has 1 aliphatic rings. The van der Waals surface area contributed by atoms with Crippen molar-refractivity contribution in [2.24, 2.45) is 0 Å². The van der Waals surface area contributed by atoms with Crippen LogP contribution in [0.2, 0.25) is 0 Å². The fourth-order valence-electron chi connectivity index (χ4n) is 1.99. The van der Waals surface area contributed by atoms with E-state index >= 15 is 0 Å². The number of halogens is 2. The summed E-state index contributed by atoms with van der Waals surface area (Å²) in [6, 6.07) is 2.90. The molecule has 7 heteroatoms. The van der Waals surface area contributed by atoms with Crippen molar-refractivity contribution in [2.75, 3.05) is 11.1 Å². The molecule has 1 fully saturated rings. The lowest BCUT2D eigenvalue weighted by Crippen LogP contribution is -2.15. The standard InChI is InChI=1S/C13H12F2N4O/c14-7-3-4-9(8(15)5-7)17-13(20)12-10(16)11(18-19-12)6-1-2-6/h3-6H,1-2,16H2,(H,17,20)(H,18,19). The summed E-state index contributed by atoms with van der Waals surface area (Å²) >= 11 is 0. The van der Waals surface area contributed by atoms with Crippen LogP contribution in [0.3, 0.4) is 0 Å². The van der Waals surface area contributed by atoms with Crippen molar-refractivity contribution in [3.05, 3.63) is 41.2 Å². The zero-order chi connectivity index (χ0) is 14.3. The Morgan fingerprint density at radius 1 is 1.40 bits per heavy atom. The number of hydrogen-bond acceptors (Lipinski definition) is 3. The van der Waals surface area contributed by atoms with Gasteiger partial charge in [-0.1, -0.05) is 0 Å². The molecular weight excluding hydrogens is 266 g/mol. The summed E-state index contributed by atoms with van der Waals surface area (Å²) in [5, 5.41) is 8.92. The van der Waals surface area contributed by atoms with Crippen LogP contribution in [0.4, 0.5) is 20.2 Å². The first kappa shape index (κ1) is 12.6. The van der Waals surface area contributed by atoms with Crippen LogP contribution in [0.5, 0.6) is 0 Å². The van der Waals surface area contributed by atoms with Gasteiger partial charge >= 0.3 is 0 Å². The number of H-pyrrole nitrogens is 1. The highest BCUT2D eigenvalue weighted by Crippen LogP contribution is 2.42. The number of carbonyl (C=O) groups is 1. The number of amides is 1. The van der Waals surface area contributed by atoms with E-state index in [-0.39, 0.29) is 17.1 Å². The number of nitrogens with two attached hydrogens (primary N) is 1. The average molecular weight is 278 g/mol. The Hall–Kier alpha value is -2.44. The minimum absolute atomic E-state index is 0.0237. The van der Waals surface area contributed by atoms with E-state index in [4.69, 9.17) is 5.73 Å². The fourth-order valence-corrected chi connectivity index (χ4v) is 1.99. The fraction of sp³-hybridized carbons (Fsp3) is 0.231. The van der Waals surface area contributed by atoms with Gasteiger partial charge in [-0.15, -0.1) is 0 Å². The van der Waals surface area contributed by atoms with E-state index in [0.29, 0.717) is 12.0 Å². The van der Waals surface area contributed by atoms with Crippen molar-refractivity contribution in [1.82, 2.24) is 10.2 Å². The molecule has 0 unspecified atom stereocenters. The van der Waals surface area contributed by atoms with Crippen LogP contribution >= 0.6 is 0 Å². The number of anilines is 2. The first-order valence-electron chi connectivity index (χ1n) is 6.16. The zero-order valence-electron chi connectivity index (χ0n) is 10.4. The van der Waals surface area contributed by atoms with Crippen molar-refractivity contribution in [3.63, 3.8) is 0 Å². The van der Waals surface area contributed by atoms with E-state index in [9.17, 15) is 13.6 Å². The van der Waals surface area contributed by atoms with Crippen molar-refractivity contribution in [3.8, 4) is 0 Å². The lowest BCUT2D eigenvalue weighted by Gasteiger charge is -2.05.